The number of aromatic nitrogens is 1. The fourth-order valence-electron chi connectivity index (χ4n) is 3.04. The molecule has 1 aromatic heterocycles. The van der Waals surface area contributed by atoms with Gasteiger partial charge < -0.3 is 19.2 Å². The van der Waals surface area contributed by atoms with Gasteiger partial charge in [-0.3, -0.25) is 4.79 Å². The molecule has 0 unspecified atom stereocenters. The second-order valence-electron chi connectivity index (χ2n) is 6.26. The van der Waals surface area contributed by atoms with Crippen LogP contribution in [0.3, 0.4) is 0 Å². The van der Waals surface area contributed by atoms with Gasteiger partial charge in [-0.25, -0.2) is 8.42 Å². The number of halogens is 1. The van der Waals surface area contributed by atoms with Gasteiger partial charge in [-0.15, -0.1) is 0 Å². The normalized spacial score (nSPS) is 11.7. The van der Waals surface area contributed by atoms with Crippen molar-refractivity contribution in [1.29, 1.82) is 0 Å². The topological polar surface area (TPSA) is 132 Å². The molecule has 0 radical (unpaired) electrons. The summed E-state index contributed by atoms with van der Waals surface area (Å²) in [4.78, 5) is 11.1. The maximum atomic E-state index is 13.1. The van der Waals surface area contributed by atoms with Gasteiger partial charge in [0, 0.05) is 16.8 Å². The average molecular weight is 473 g/mol. The molecule has 9 nitrogen and oxygen atoms in total. The number of fused-ring (bicyclic) bond motifs is 1. The monoisotopic (exact) mass is 472 g/mol. The van der Waals surface area contributed by atoms with Crippen LogP contribution in [-0.4, -0.2) is 38.4 Å². The number of benzene rings is 2. The zero-order valence-electron chi connectivity index (χ0n) is 15.5. The van der Waals surface area contributed by atoms with Crippen LogP contribution in [0.5, 0.6) is 5.75 Å². The van der Waals surface area contributed by atoms with E-state index in [0.29, 0.717) is 11.2 Å². The molecule has 160 valence electrons. The van der Waals surface area contributed by atoms with Crippen molar-refractivity contribution in [2.75, 3.05) is 11.2 Å². The first-order valence-electron chi connectivity index (χ1n) is 8.49. The van der Waals surface area contributed by atoms with E-state index in [2.05, 4.69) is 5.32 Å². The number of nitrogens with one attached hydrogen (secondary N) is 1. The lowest BCUT2D eigenvalue weighted by atomic mass is 10.2. The minimum Gasteiger partial charge on any atom is -0.480 e. The number of hydrogen-bond acceptors (Lipinski definition) is 7. The molecular formula is C18H17ClN2O7S2. The van der Waals surface area contributed by atoms with E-state index in [4.69, 9.17) is 15.8 Å². The number of carbonyl (C=O) groups is 1. The molecule has 2 aromatic carbocycles. The Morgan fingerprint density at radius 3 is 2.57 bits per heavy atom. The highest BCUT2D eigenvalue weighted by Crippen LogP contribution is 2.35. The van der Waals surface area contributed by atoms with Crippen molar-refractivity contribution in [3.05, 3.63) is 53.2 Å². The molecule has 1 heterocycles. The summed E-state index contributed by atoms with van der Waals surface area (Å²) in [5.74, 6) is -1.57. The summed E-state index contributed by atoms with van der Waals surface area (Å²) in [7, 11) is -7.10. The van der Waals surface area contributed by atoms with Crippen LogP contribution in [0.2, 0.25) is 5.02 Å². The number of nitrogens with zero attached hydrogens (tertiary/aromatic N) is 1. The molecule has 0 amide bonds. The highest BCUT2D eigenvalue weighted by Gasteiger charge is 2.28. The molecule has 30 heavy (non-hydrogen) atoms. The fraction of sp³-hybridized carbons (Fsp3) is 0.167. The van der Waals surface area contributed by atoms with Crippen molar-refractivity contribution < 1.29 is 30.9 Å². The first-order valence-corrected chi connectivity index (χ1v) is 11.6. The predicted octanol–water partition coefficient (Wildman–Crippen LogP) is 2.44. The van der Waals surface area contributed by atoms with E-state index in [9.17, 15) is 26.7 Å². The lowest BCUT2D eigenvalue weighted by Gasteiger charge is -2.09. The Morgan fingerprint density at radius 1 is 1.23 bits per heavy atom. The molecule has 0 atom stereocenters. The standard InChI is InChI=1S/C18H17ClN2O7S2/c1-11-18(30(26,27)28-16-5-3-2-4-14(16)19)13-8-12(20-10-29(24)25)6-7-15(13)21(11)9-17(22)23/h2-8,20,29H,9-10H2,1H3,(H,22,23). The number of thiol groups is 1. The van der Waals surface area contributed by atoms with Gasteiger partial charge >= 0.3 is 16.1 Å². The van der Waals surface area contributed by atoms with Gasteiger partial charge in [-0.2, -0.15) is 8.42 Å². The molecule has 0 aliphatic carbocycles. The van der Waals surface area contributed by atoms with Crippen LogP contribution in [0, 0.1) is 6.92 Å². The van der Waals surface area contributed by atoms with Crippen molar-refractivity contribution in [2.24, 2.45) is 0 Å². The highest BCUT2D eigenvalue weighted by molar-refractivity contribution is 7.87. The zero-order valence-corrected chi connectivity index (χ0v) is 18.0. The van der Waals surface area contributed by atoms with E-state index in [-0.39, 0.29) is 32.6 Å². The summed E-state index contributed by atoms with van der Waals surface area (Å²) in [6.07, 6.45) is 0. The van der Waals surface area contributed by atoms with Crippen LogP contribution >= 0.6 is 11.6 Å². The number of rotatable bonds is 8. The molecular weight excluding hydrogens is 456 g/mol. The summed E-state index contributed by atoms with van der Waals surface area (Å²) in [5, 5.41) is 12.2. The molecule has 3 rings (SSSR count). The minimum absolute atomic E-state index is 0.0738. The smallest absolute Gasteiger partial charge is 0.341 e. The van der Waals surface area contributed by atoms with Crippen molar-refractivity contribution >= 4 is 55.0 Å². The van der Waals surface area contributed by atoms with Crippen LogP contribution < -0.4 is 9.50 Å². The van der Waals surface area contributed by atoms with Gasteiger partial charge in [0.25, 0.3) is 0 Å². The van der Waals surface area contributed by atoms with Crippen LogP contribution in [0.4, 0.5) is 5.69 Å². The summed E-state index contributed by atoms with van der Waals surface area (Å²) in [6, 6.07) is 10.5. The lowest BCUT2D eigenvalue weighted by molar-refractivity contribution is -0.137. The molecule has 0 aliphatic heterocycles. The van der Waals surface area contributed by atoms with Crippen molar-refractivity contribution in [3.8, 4) is 5.75 Å². The molecule has 0 aliphatic rings. The van der Waals surface area contributed by atoms with Crippen LogP contribution in [0.1, 0.15) is 5.69 Å². The molecule has 3 aromatic rings. The van der Waals surface area contributed by atoms with Gasteiger partial charge in [0.15, 0.2) is 16.5 Å². The van der Waals surface area contributed by atoms with E-state index in [1.807, 2.05) is 0 Å². The quantitative estimate of drug-likeness (QED) is 0.336. The molecule has 0 fully saturated rings. The van der Waals surface area contributed by atoms with E-state index in [1.54, 1.807) is 12.1 Å². The van der Waals surface area contributed by atoms with Gasteiger partial charge in [0.2, 0.25) is 0 Å². The first kappa shape index (κ1) is 21.9. The Hall–Kier alpha value is -2.76. The van der Waals surface area contributed by atoms with Gasteiger partial charge in [-0.05, 0) is 37.3 Å². The fourth-order valence-corrected chi connectivity index (χ4v) is 4.95. The molecule has 12 heteroatoms. The largest absolute Gasteiger partial charge is 0.480 e. The van der Waals surface area contributed by atoms with Crippen molar-refractivity contribution in [2.45, 2.75) is 18.4 Å². The number of anilines is 1. The highest BCUT2D eigenvalue weighted by atomic mass is 35.5. The number of hydrogen-bond donors (Lipinski definition) is 3. The van der Waals surface area contributed by atoms with E-state index < -0.39 is 33.3 Å². The first-order chi connectivity index (χ1) is 14.1. The molecule has 0 saturated heterocycles. The lowest BCUT2D eigenvalue weighted by Crippen LogP contribution is -2.14. The molecule has 0 bridgehead atoms. The molecule has 2 N–H and O–H groups in total. The van der Waals surface area contributed by atoms with E-state index in [0.717, 1.165) is 0 Å². The van der Waals surface area contributed by atoms with Crippen LogP contribution in [0.25, 0.3) is 10.9 Å². The van der Waals surface area contributed by atoms with Crippen molar-refractivity contribution in [1.82, 2.24) is 4.57 Å². The zero-order chi connectivity index (χ0) is 22.1. The maximum Gasteiger partial charge on any atom is 0.341 e. The molecule has 0 spiro atoms. The average Bonchev–Trinajstić information content (AvgIpc) is 2.93. The van der Waals surface area contributed by atoms with E-state index >= 15 is 0 Å². The Balaban J connectivity index is 2.19. The number of aliphatic carboxylic acids is 1. The third-order valence-corrected chi connectivity index (χ3v) is 6.40. The SMILES string of the molecule is Cc1c(S(=O)(=O)Oc2ccccc2Cl)c2cc(NC[SH](=O)=O)ccc2n1CC(=O)O. The van der Waals surface area contributed by atoms with E-state index in [1.165, 1.54) is 41.8 Å². The Morgan fingerprint density at radius 2 is 1.93 bits per heavy atom. The second kappa shape index (κ2) is 8.54. The third-order valence-electron chi connectivity index (χ3n) is 4.26. The Bertz CT molecular complexity index is 1310. The summed E-state index contributed by atoms with van der Waals surface area (Å²) in [6.45, 7) is 0.997. The Labute approximate surface area is 178 Å². The summed E-state index contributed by atoms with van der Waals surface area (Å²) < 4.78 is 54.5. The predicted molar refractivity (Wildman–Crippen MR) is 112 cm³/mol. The van der Waals surface area contributed by atoms with Crippen LogP contribution in [0.15, 0.2) is 47.4 Å². The number of carboxylic acids is 1. The minimum atomic E-state index is -4.40. The van der Waals surface area contributed by atoms with Gasteiger partial charge in [0.05, 0.1) is 10.5 Å². The summed E-state index contributed by atoms with van der Waals surface area (Å²) in [5.41, 5.74) is 0.850. The van der Waals surface area contributed by atoms with Gasteiger partial charge in [0.1, 0.15) is 17.3 Å². The number of para-hydroxylation sites is 1. The van der Waals surface area contributed by atoms with Gasteiger partial charge in [-0.1, -0.05) is 23.7 Å². The maximum absolute atomic E-state index is 13.1. The number of carboxylic acid groups (broad SMARTS) is 1. The third kappa shape index (κ3) is 4.53. The Kier molecular flexibility index (Phi) is 6.25. The van der Waals surface area contributed by atoms with Crippen molar-refractivity contribution in [3.63, 3.8) is 0 Å². The second-order valence-corrected chi connectivity index (χ2v) is 9.13. The summed E-state index contributed by atoms with van der Waals surface area (Å²) >= 11 is 6.01. The van der Waals surface area contributed by atoms with Crippen LogP contribution in [-0.2, 0) is 32.2 Å². The molecule has 0 saturated carbocycles.